The highest BCUT2D eigenvalue weighted by Gasteiger charge is 2.22. The van der Waals surface area contributed by atoms with Gasteiger partial charge in [-0.1, -0.05) is 388 Å². The van der Waals surface area contributed by atoms with Gasteiger partial charge in [-0.25, -0.2) is 9.97 Å². The van der Waals surface area contributed by atoms with Crippen LogP contribution in [0.2, 0.25) is 0 Å². The van der Waals surface area contributed by atoms with Gasteiger partial charge in [0.2, 0.25) is 0 Å². The van der Waals surface area contributed by atoms with Crippen molar-refractivity contribution >= 4 is 43.6 Å². The summed E-state index contributed by atoms with van der Waals surface area (Å²) in [4.78, 5) is 11.4. The van der Waals surface area contributed by atoms with Crippen LogP contribution in [0, 0.1) is 0 Å². The van der Waals surface area contributed by atoms with Crippen LogP contribution >= 0.6 is 0 Å². The van der Waals surface area contributed by atoms with E-state index >= 15 is 0 Å². The van der Waals surface area contributed by atoms with E-state index in [1.165, 1.54) is 347 Å². The van der Waals surface area contributed by atoms with Gasteiger partial charge in [-0.15, -0.1) is 0 Å². The highest BCUT2D eigenvalue weighted by Crippen LogP contribution is 2.45. The lowest BCUT2D eigenvalue weighted by atomic mass is 9.97. The zero-order chi connectivity index (χ0) is 70.7. The molecule has 5 aromatic rings. The Morgan fingerprint density at radius 2 is 0.310 bits per heavy atom. The van der Waals surface area contributed by atoms with Crippen LogP contribution in [-0.4, -0.2) is 49.6 Å². The van der Waals surface area contributed by atoms with Gasteiger partial charge in [0.25, 0.3) is 0 Å². The summed E-state index contributed by atoms with van der Waals surface area (Å²) in [6.07, 6.45) is 77.2. The fraction of sp³-hybridized carbons (Fsp3) is 0.783. The van der Waals surface area contributed by atoms with Crippen LogP contribution in [0.5, 0.6) is 34.5 Å². The molecule has 4 aromatic carbocycles. The van der Waals surface area contributed by atoms with Crippen LogP contribution in [0.3, 0.4) is 0 Å². The average Bonchev–Trinajstić information content (AvgIpc) is 0.725. The maximum Gasteiger partial charge on any atom is 0.163 e. The highest BCUT2D eigenvalue weighted by molar-refractivity contribution is 6.25. The minimum absolute atomic E-state index is 0.648. The predicted octanol–water partition coefficient (Wildman–Crippen LogP) is 30.9. The van der Waals surface area contributed by atoms with E-state index in [2.05, 4.69) is 77.9 Å². The minimum atomic E-state index is 0.648. The van der Waals surface area contributed by atoms with Gasteiger partial charge in [0, 0.05) is 22.9 Å². The van der Waals surface area contributed by atoms with Crippen molar-refractivity contribution < 1.29 is 28.4 Å². The summed E-state index contributed by atoms with van der Waals surface area (Å²) in [6, 6.07) is 13.3. The second-order valence-corrected chi connectivity index (χ2v) is 30.6. The molecule has 8 heteroatoms. The van der Waals surface area contributed by atoms with Gasteiger partial charge in [0.05, 0.1) is 61.7 Å². The molecule has 5 rings (SSSR count). The molecule has 0 aliphatic heterocycles. The molecule has 1 aromatic heterocycles. The molecular weight excluding hydrogens is 1230 g/mol. The SMILES string of the molecule is CCCCCCCCCCCCOc1cc2nc3c4cc(OCCCCCCCCCCCC)c(OCCCCCCCCCCCC)cc4c4cc(OCCCCCCCCCCCC)c(OCCCCCCCCCCCC)cc4c3nc2cc1OCCCCCCCCCCCC. The fourth-order valence-corrected chi connectivity index (χ4v) is 14.7. The second kappa shape index (κ2) is 60.1. The Morgan fingerprint density at radius 1 is 0.170 bits per heavy atom. The van der Waals surface area contributed by atoms with E-state index in [1.54, 1.807) is 0 Å². The predicted molar refractivity (Wildman–Crippen MR) is 436 cm³/mol. The molecule has 0 aliphatic rings. The first-order valence-electron chi connectivity index (χ1n) is 44.1. The minimum Gasteiger partial charge on any atom is -0.490 e. The Kier molecular flexibility index (Phi) is 52.0. The summed E-state index contributed by atoms with van der Waals surface area (Å²) < 4.78 is 41.5. The molecule has 0 unspecified atom stereocenters. The molecule has 0 fully saturated rings. The highest BCUT2D eigenvalue weighted by atomic mass is 16.5. The Morgan fingerprint density at radius 3 is 0.480 bits per heavy atom. The van der Waals surface area contributed by atoms with E-state index in [1.807, 2.05) is 0 Å². The lowest BCUT2D eigenvalue weighted by Gasteiger charge is -2.19. The van der Waals surface area contributed by atoms with Crippen LogP contribution in [-0.2, 0) is 0 Å². The second-order valence-electron chi connectivity index (χ2n) is 30.6. The third-order valence-electron chi connectivity index (χ3n) is 21.2. The number of unbranched alkanes of at least 4 members (excludes halogenated alkanes) is 54. The standard InChI is InChI=1S/C92H156N2O6/c1-7-13-19-25-31-37-43-49-55-61-67-95-85-73-79-80-74-86(96-68-62-56-50-44-38-32-26-20-14-8-2)88(98-70-64-58-52-46-40-34-28-22-16-10-4)76-82(80)92-91(81(79)75-87(85)97-69-63-57-51-45-39-33-27-21-15-9-3)93-83-77-89(99-71-65-59-53-47-41-35-29-23-17-11-5)90(78-84(83)94-92)100-72-66-60-54-48-42-36-30-24-18-12-6/h73-78H,7-72H2,1-6H3. The van der Waals surface area contributed by atoms with Crippen molar-refractivity contribution in [2.24, 2.45) is 0 Å². The summed E-state index contributed by atoms with van der Waals surface area (Å²) in [5.41, 5.74) is 3.31. The number of hydrogen-bond acceptors (Lipinski definition) is 8. The molecule has 570 valence electrons. The summed E-state index contributed by atoms with van der Waals surface area (Å²) in [7, 11) is 0. The van der Waals surface area contributed by atoms with E-state index in [9.17, 15) is 0 Å². The maximum absolute atomic E-state index is 6.97. The molecule has 8 nitrogen and oxygen atoms in total. The first kappa shape index (κ1) is 86.4. The van der Waals surface area contributed by atoms with Crippen molar-refractivity contribution in [1.82, 2.24) is 9.97 Å². The molecule has 1 heterocycles. The molecule has 0 saturated heterocycles. The van der Waals surface area contributed by atoms with E-state index < -0.39 is 0 Å². The molecular formula is C92H156N2O6. The normalized spacial score (nSPS) is 11.7. The van der Waals surface area contributed by atoms with Crippen LogP contribution in [0.4, 0.5) is 0 Å². The Bertz CT molecular complexity index is 2560. The van der Waals surface area contributed by atoms with E-state index in [0.717, 1.165) is 117 Å². The van der Waals surface area contributed by atoms with Gasteiger partial charge < -0.3 is 28.4 Å². The van der Waals surface area contributed by atoms with Gasteiger partial charge in [0.1, 0.15) is 0 Å². The molecule has 0 saturated carbocycles. The van der Waals surface area contributed by atoms with Gasteiger partial charge in [-0.2, -0.15) is 0 Å². The zero-order valence-electron chi connectivity index (χ0n) is 66.5. The van der Waals surface area contributed by atoms with Crippen molar-refractivity contribution in [2.75, 3.05) is 39.6 Å². The number of nitrogens with zero attached hydrogens (tertiary/aromatic N) is 2. The van der Waals surface area contributed by atoms with E-state index in [0.29, 0.717) is 39.6 Å². The fourth-order valence-electron chi connectivity index (χ4n) is 14.7. The van der Waals surface area contributed by atoms with Crippen molar-refractivity contribution in [3.8, 4) is 34.5 Å². The maximum atomic E-state index is 6.97. The first-order chi connectivity index (χ1) is 49.6. The van der Waals surface area contributed by atoms with Gasteiger partial charge in [0.15, 0.2) is 34.5 Å². The Labute approximate surface area is 616 Å². The van der Waals surface area contributed by atoms with E-state index in [-0.39, 0.29) is 0 Å². The largest absolute Gasteiger partial charge is 0.490 e. The summed E-state index contributed by atoms with van der Waals surface area (Å²) in [6.45, 7) is 17.7. The van der Waals surface area contributed by atoms with Gasteiger partial charge >= 0.3 is 0 Å². The third-order valence-corrected chi connectivity index (χ3v) is 21.2. The summed E-state index contributed by atoms with van der Waals surface area (Å²) in [5.74, 6) is 4.75. The smallest absolute Gasteiger partial charge is 0.163 e. The van der Waals surface area contributed by atoms with Crippen LogP contribution in [0.15, 0.2) is 36.4 Å². The van der Waals surface area contributed by atoms with Crippen LogP contribution in [0.25, 0.3) is 43.6 Å². The van der Waals surface area contributed by atoms with Crippen LogP contribution < -0.4 is 28.4 Å². The monoisotopic (exact) mass is 1390 g/mol. The third kappa shape index (κ3) is 38.0. The Balaban J connectivity index is 1.55. The average molecular weight is 1390 g/mol. The molecule has 0 amide bonds. The van der Waals surface area contributed by atoms with E-state index in [4.69, 9.17) is 38.4 Å². The molecule has 0 radical (unpaired) electrons. The lowest BCUT2D eigenvalue weighted by Crippen LogP contribution is -2.05. The zero-order valence-corrected chi connectivity index (χ0v) is 66.5. The number of rotatable bonds is 72. The topological polar surface area (TPSA) is 81.2 Å². The lowest BCUT2D eigenvalue weighted by molar-refractivity contribution is 0.258. The van der Waals surface area contributed by atoms with Gasteiger partial charge in [-0.05, 0) is 73.6 Å². The number of ether oxygens (including phenoxy) is 6. The van der Waals surface area contributed by atoms with Gasteiger partial charge in [-0.3, -0.25) is 0 Å². The van der Waals surface area contributed by atoms with Crippen molar-refractivity contribution in [1.29, 1.82) is 0 Å². The quantitative estimate of drug-likeness (QED) is 0.0216. The Hall–Kier alpha value is -4.20. The number of aromatic nitrogens is 2. The first-order valence-corrected chi connectivity index (χ1v) is 44.1. The molecule has 0 spiro atoms. The number of benzene rings is 4. The van der Waals surface area contributed by atoms with Crippen molar-refractivity contribution in [3.05, 3.63) is 36.4 Å². The molecule has 100 heavy (non-hydrogen) atoms. The molecule has 0 bridgehead atoms. The number of fused-ring (bicyclic) bond motifs is 7. The van der Waals surface area contributed by atoms with Crippen molar-refractivity contribution in [3.63, 3.8) is 0 Å². The number of hydrogen-bond donors (Lipinski definition) is 0. The van der Waals surface area contributed by atoms with Crippen molar-refractivity contribution in [2.45, 2.75) is 427 Å². The summed E-state index contributed by atoms with van der Waals surface area (Å²) >= 11 is 0. The molecule has 0 N–H and O–H groups in total. The summed E-state index contributed by atoms with van der Waals surface area (Å²) in [5, 5.41) is 4.16. The molecule has 0 aliphatic carbocycles. The van der Waals surface area contributed by atoms with Crippen LogP contribution in [0.1, 0.15) is 427 Å². The molecule has 0 atom stereocenters.